The smallest absolute Gasteiger partial charge is 0.237 e. The summed E-state index contributed by atoms with van der Waals surface area (Å²) in [5, 5.41) is 2.62. The third-order valence-corrected chi connectivity index (χ3v) is 3.93. The zero-order chi connectivity index (χ0) is 14.5. The summed E-state index contributed by atoms with van der Waals surface area (Å²) in [5.74, 6) is -0.339. The van der Waals surface area contributed by atoms with E-state index in [1.807, 2.05) is 38.1 Å². The van der Waals surface area contributed by atoms with E-state index >= 15 is 0 Å². The Balaban J connectivity index is 1.94. The standard InChI is InChI=1S/C16H16FNOS/c1-11-3-7-14(8-4-11)18-16(19)12(2)20-15-9-5-13(17)6-10-15/h3-10,12H,1-2H3,(H,18,19)/t12-/m0/s1. The fourth-order valence-corrected chi connectivity index (χ4v) is 2.52. The summed E-state index contributed by atoms with van der Waals surface area (Å²) < 4.78 is 12.8. The van der Waals surface area contributed by atoms with Crippen molar-refractivity contribution in [3.63, 3.8) is 0 Å². The van der Waals surface area contributed by atoms with Gasteiger partial charge in [0.1, 0.15) is 5.82 Å². The number of carbonyl (C=O) groups is 1. The minimum absolute atomic E-state index is 0.0665. The Morgan fingerprint density at radius 2 is 1.70 bits per heavy atom. The van der Waals surface area contributed by atoms with Crippen LogP contribution in [0.3, 0.4) is 0 Å². The topological polar surface area (TPSA) is 29.1 Å². The fourth-order valence-electron chi connectivity index (χ4n) is 1.65. The molecule has 104 valence electrons. The van der Waals surface area contributed by atoms with Crippen LogP contribution in [0.15, 0.2) is 53.4 Å². The highest BCUT2D eigenvalue weighted by molar-refractivity contribution is 8.00. The SMILES string of the molecule is Cc1ccc(NC(=O)[C@H](C)Sc2ccc(F)cc2)cc1. The first kappa shape index (κ1) is 14.6. The van der Waals surface area contributed by atoms with E-state index in [2.05, 4.69) is 5.32 Å². The maximum atomic E-state index is 12.8. The first-order valence-electron chi connectivity index (χ1n) is 6.34. The van der Waals surface area contributed by atoms with Gasteiger partial charge in [-0.15, -0.1) is 11.8 Å². The summed E-state index contributed by atoms with van der Waals surface area (Å²) in [4.78, 5) is 12.9. The monoisotopic (exact) mass is 289 g/mol. The average molecular weight is 289 g/mol. The highest BCUT2D eigenvalue weighted by Gasteiger charge is 2.14. The normalized spacial score (nSPS) is 11.9. The number of aryl methyl sites for hydroxylation is 1. The van der Waals surface area contributed by atoms with E-state index in [4.69, 9.17) is 0 Å². The Bertz CT molecular complexity index is 580. The second kappa shape index (κ2) is 6.57. The van der Waals surface area contributed by atoms with Crippen molar-refractivity contribution in [1.82, 2.24) is 0 Å². The summed E-state index contributed by atoms with van der Waals surface area (Å²) in [6.07, 6.45) is 0. The Morgan fingerprint density at radius 1 is 1.10 bits per heavy atom. The third-order valence-electron chi connectivity index (χ3n) is 2.81. The molecule has 2 aromatic carbocycles. The maximum absolute atomic E-state index is 12.8. The molecule has 2 nitrogen and oxygen atoms in total. The van der Waals surface area contributed by atoms with Crippen LogP contribution in [0.1, 0.15) is 12.5 Å². The van der Waals surface area contributed by atoms with E-state index < -0.39 is 0 Å². The van der Waals surface area contributed by atoms with Crippen LogP contribution in [0.25, 0.3) is 0 Å². The second-order valence-electron chi connectivity index (χ2n) is 4.57. The number of thioether (sulfide) groups is 1. The highest BCUT2D eigenvalue weighted by atomic mass is 32.2. The van der Waals surface area contributed by atoms with Gasteiger partial charge in [-0.25, -0.2) is 4.39 Å². The van der Waals surface area contributed by atoms with Crippen LogP contribution >= 0.6 is 11.8 Å². The van der Waals surface area contributed by atoms with E-state index in [0.717, 1.165) is 16.1 Å². The number of benzene rings is 2. The van der Waals surface area contributed by atoms with Gasteiger partial charge in [-0.05, 0) is 50.2 Å². The highest BCUT2D eigenvalue weighted by Crippen LogP contribution is 2.24. The van der Waals surface area contributed by atoms with Crippen LogP contribution in [-0.4, -0.2) is 11.2 Å². The van der Waals surface area contributed by atoms with Gasteiger partial charge in [0, 0.05) is 10.6 Å². The molecule has 0 saturated heterocycles. The summed E-state index contributed by atoms with van der Waals surface area (Å²) in [7, 11) is 0. The van der Waals surface area contributed by atoms with Gasteiger partial charge < -0.3 is 5.32 Å². The molecule has 0 aliphatic heterocycles. The third kappa shape index (κ3) is 4.10. The maximum Gasteiger partial charge on any atom is 0.237 e. The van der Waals surface area contributed by atoms with Crippen LogP contribution in [0, 0.1) is 12.7 Å². The molecule has 20 heavy (non-hydrogen) atoms. The Hall–Kier alpha value is -1.81. The predicted molar refractivity (Wildman–Crippen MR) is 81.5 cm³/mol. The van der Waals surface area contributed by atoms with E-state index in [0.29, 0.717) is 0 Å². The van der Waals surface area contributed by atoms with E-state index in [-0.39, 0.29) is 17.0 Å². The molecule has 0 radical (unpaired) electrons. The molecule has 0 fully saturated rings. The molecule has 0 aliphatic carbocycles. The first-order chi connectivity index (χ1) is 9.54. The molecule has 0 aromatic heterocycles. The number of hydrogen-bond donors (Lipinski definition) is 1. The van der Waals surface area contributed by atoms with E-state index in [1.54, 1.807) is 12.1 Å². The zero-order valence-electron chi connectivity index (χ0n) is 11.4. The molecule has 0 saturated carbocycles. The van der Waals surface area contributed by atoms with Crippen LogP contribution < -0.4 is 5.32 Å². The molecule has 0 aliphatic rings. The number of hydrogen-bond acceptors (Lipinski definition) is 2. The lowest BCUT2D eigenvalue weighted by Gasteiger charge is -2.12. The number of carbonyl (C=O) groups excluding carboxylic acids is 1. The van der Waals surface area contributed by atoms with Crippen molar-refractivity contribution in [3.05, 3.63) is 59.9 Å². The van der Waals surface area contributed by atoms with Gasteiger partial charge in [-0.2, -0.15) is 0 Å². The quantitative estimate of drug-likeness (QED) is 0.852. The lowest BCUT2D eigenvalue weighted by Crippen LogP contribution is -2.22. The van der Waals surface area contributed by atoms with Crippen molar-refractivity contribution in [2.75, 3.05) is 5.32 Å². The van der Waals surface area contributed by atoms with Gasteiger partial charge >= 0.3 is 0 Å². The molecular weight excluding hydrogens is 273 g/mol. The molecule has 4 heteroatoms. The number of rotatable bonds is 4. The second-order valence-corrected chi connectivity index (χ2v) is 5.98. The molecule has 1 N–H and O–H groups in total. The lowest BCUT2D eigenvalue weighted by molar-refractivity contribution is -0.115. The Labute approximate surface area is 122 Å². The van der Waals surface area contributed by atoms with Gasteiger partial charge in [0.2, 0.25) is 5.91 Å². The van der Waals surface area contributed by atoms with Gasteiger partial charge in [0.05, 0.1) is 5.25 Å². The Kier molecular flexibility index (Phi) is 4.79. The number of amides is 1. The predicted octanol–water partition coefficient (Wildman–Crippen LogP) is 4.25. The summed E-state index contributed by atoms with van der Waals surface area (Å²) >= 11 is 1.40. The Morgan fingerprint density at radius 3 is 2.30 bits per heavy atom. The van der Waals surface area contributed by atoms with Crippen molar-refractivity contribution in [2.24, 2.45) is 0 Å². The molecule has 0 spiro atoms. The van der Waals surface area contributed by atoms with Crippen molar-refractivity contribution in [2.45, 2.75) is 24.0 Å². The molecule has 2 aromatic rings. The van der Waals surface area contributed by atoms with Crippen LogP contribution in [0.5, 0.6) is 0 Å². The van der Waals surface area contributed by atoms with Crippen LogP contribution in [0.2, 0.25) is 0 Å². The lowest BCUT2D eigenvalue weighted by atomic mass is 10.2. The average Bonchev–Trinajstić information content (AvgIpc) is 2.44. The molecule has 1 atom stereocenters. The summed E-state index contributed by atoms with van der Waals surface area (Å²) in [5.41, 5.74) is 1.93. The van der Waals surface area contributed by atoms with E-state index in [1.165, 1.54) is 23.9 Å². The largest absolute Gasteiger partial charge is 0.325 e. The zero-order valence-corrected chi connectivity index (χ0v) is 12.2. The minimum atomic E-state index is -0.272. The van der Waals surface area contributed by atoms with Gasteiger partial charge in [-0.3, -0.25) is 4.79 Å². The van der Waals surface area contributed by atoms with Crippen molar-refractivity contribution in [3.8, 4) is 0 Å². The van der Waals surface area contributed by atoms with Crippen LogP contribution in [0.4, 0.5) is 10.1 Å². The summed E-state index contributed by atoms with van der Waals surface area (Å²) in [6, 6.07) is 13.8. The molecule has 0 unspecified atom stereocenters. The van der Waals surface area contributed by atoms with Crippen molar-refractivity contribution < 1.29 is 9.18 Å². The van der Waals surface area contributed by atoms with Gasteiger partial charge in [0.25, 0.3) is 0 Å². The summed E-state index contributed by atoms with van der Waals surface area (Å²) in [6.45, 7) is 3.83. The number of halogens is 1. The first-order valence-corrected chi connectivity index (χ1v) is 7.22. The van der Waals surface area contributed by atoms with E-state index in [9.17, 15) is 9.18 Å². The molecule has 0 bridgehead atoms. The molecule has 1 amide bonds. The molecular formula is C16H16FNOS. The minimum Gasteiger partial charge on any atom is -0.325 e. The fraction of sp³-hybridized carbons (Fsp3) is 0.188. The van der Waals surface area contributed by atoms with Gasteiger partial charge in [-0.1, -0.05) is 17.7 Å². The van der Waals surface area contributed by atoms with Crippen molar-refractivity contribution in [1.29, 1.82) is 0 Å². The van der Waals surface area contributed by atoms with Crippen LogP contribution in [-0.2, 0) is 4.79 Å². The number of nitrogens with one attached hydrogen (secondary N) is 1. The van der Waals surface area contributed by atoms with Gasteiger partial charge in [0.15, 0.2) is 0 Å². The number of anilines is 1. The molecule has 0 heterocycles. The molecule has 2 rings (SSSR count). The van der Waals surface area contributed by atoms with Crippen molar-refractivity contribution >= 4 is 23.4 Å².